The summed E-state index contributed by atoms with van der Waals surface area (Å²) in [5.74, 6) is 0.745. The molecule has 0 aliphatic heterocycles. The summed E-state index contributed by atoms with van der Waals surface area (Å²) < 4.78 is 10.4. The van der Waals surface area contributed by atoms with Crippen molar-refractivity contribution in [2.75, 3.05) is 13.9 Å². The van der Waals surface area contributed by atoms with Crippen molar-refractivity contribution in [3.05, 3.63) is 54.1 Å². The molecule has 0 fully saturated rings. The topological polar surface area (TPSA) is 35.5 Å². The second kappa shape index (κ2) is 6.97. The number of carbonyl (C=O) groups is 1. The van der Waals surface area contributed by atoms with Crippen molar-refractivity contribution < 1.29 is 14.3 Å². The zero-order chi connectivity index (χ0) is 13.5. The van der Waals surface area contributed by atoms with Gasteiger partial charge in [-0.3, -0.25) is 4.79 Å². The van der Waals surface area contributed by atoms with Crippen LogP contribution in [0.4, 0.5) is 0 Å². The molecule has 0 heterocycles. The minimum absolute atomic E-state index is 0.201. The van der Waals surface area contributed by atoms with E-state index in [-0.39, 0.29) is 6.79 Å². The van der Waals surface area contributed by atoms with Crippen LogP contribution in [-0.4, -0.2) is 20.2 Å². The van der Waals surface area contributed by atoms with Crippen LogP contribution >= 0.6 is 11.8 Å². The van der Waals surface area contributed by atoms with Gasteiger partial charge in [-0.1, -0.05) is 42.1 Å². The number of ether oxygens (including phenoxy) is 2. The van der Waals surface area contributed by atoms with Gasteiger partial charge in [-0.2, -0.15) is 0 Å². The van der Waals surface area contributed by atoms with Gasteiger partial charge in [0.15, 0.2) is 13.1 Å². The van der Waals surface area contributed by atoms with Crippen LogP contribution in [0.1, 0.15) is 10.4 Å². The number of benzene rings is 2. The highest BCUT2D eigenvalue weighted by atomic mass is 32.2. The highest BCUT2D eigenvalue weighted by Crippen LogP contribution is 2.36. The molecule has 98 valence electrons. The van der Waals surface area contributed by atoms with Crippen LogP contribution in [0, 0.1) is 0 Å². The number of para-hydroxylation sites is 1. The SMILES string of the molecule is COCOc1ccccc1Sc1ccccc1C=O. The van der Waals surface area contributed by atoms with Crippen LogP contribution < -0.4 is 4.74 Å². The average Bonchev–Trinajstić information content (AvgIpc) is 2.47. The molecule has 0 amide bonds. The summed E-state index contributed by atoms with van der Waals surface area (Å²) in [7, 11) is 1.58. The fraction of sp³-hybridized carbons (Fsp3) is 0.133. The number of methoxy groups -OCH3 is 1. The summed E-state index contributed by atoms with van der Waals surface area (Å²) in [6.45, 7) is 0.201. The molecule has 0 saturated carbocycles. The van der Waals surface area contributed by atoms with Gasteiger partial charge in [0.2, 0.25) is 0 Å². The molecule has 2 aromatic rings. The molecular weight excluding hydrogens is 260 g/mol. The van der Waals surface area contributed by atoms with Crippen molar-refractivity contribution in [1.29, 1.82) is 0 Å². The summed E-state index contributed by atoms with van der Waals surface area (Å²) >= 11 is 1.50. The van der Waals surface area contributed by atoms with Crippen LogP contribution in [0.15, 0.2) is 58.3 Å². The van der Waals surface area contributed by atoms with Crippen molar-refractivity contribution in [3.63, 3.8) is 0 Å². The number of carbonyl (C=O) groups excluding carboxylic acids is 1. The van der Waals surface area contributed by atoms with E-state index in [4.69, 9.17) is 9.47 Å². The number of aldehydes is 1. The van der Waals surface area contributed by atoms with Gasteiger partial charge < -0.3 is 9.47 Å². The van der Waals surface area contributed by atoms with E-state index in [0.717, 1.165) is 21.8 Å². The molecule has 2 rings (SSSR count). The molecule has 2 aromatic carbocycles. The molecule has 4 heteroatoms. The van der Waals surface area contributed by atoms with Gasteiger partial charge >= 0.3 is 0 Å². The van der Waals surface area contributed by atoms with Crippen LogP contribution in [0.5, 0.6) is 5.75 Å². The Balaban J connectivity index is 2.25. The zero-order valence-electron chi connectivity index (χ0n) is 10.5. The molecule has 0 unspecified atom stereocenters. The molecule has 0 spiro atoms. The Labute approximate surface area is 116 Å². The maximum absolute atomic E-state index is 11.0. The van der Waals surface area contributed by atoms with E-state index in [1.807, 2.05) is 42.5 Å². The van der Waals surface area contributed by atoms with Crippen LogP contribution in [0.3, 0.4) is 0 Å². The first kappa shape index (κ1) is 13.6. The minimum atomic E-state index is 0.201. The molecule has 0 aliphatic rings. The maximum Gasteiger partial charge on any atom is 0.188 e. The van der Waals surface area contributed by atoms with E-state index in [1.54, 1.807) is 13.2 Å². The molecule has 0 atom stereocenters. The summed E-state index contributed by atoms with van der Waals surface area (Å²) in [6, 6.07) is 15.2. The summed E-state index contributed by atoms with van der Waals surface area (Å²) in [6.07, 6.45) is 0.862. The van der Waals surface area contributed by atoms with Crippen molar-refractivity contribution in [3.8, 4) is 5.75 Å². The predicted molar refractivity (Wildman–Crippen MR) is 74.9 cm³/mol. The van der Waals surface area contributed by atoms with Crippen LogP contribution in [-0.2, 0) is 4.74 Å². The third-order valence-electron chi connectivity index (χ3n) is 2.45. The lowest BCUT2D eigenvalue weighted by Gasteiger charge is -2.10. The van der Waals surface area contributed by atoms with E-state index in [2.05, 4.69) is 0 Å². The van der Waals surface area contributed by atoms with Crippen molar-refractivity contribution >= 4 is 18.0 Å². The second-order valence-electron chi connectivity index (χ2n) is 3.76. The van der Waals surface area contributed by atoms with Gasteiger partial charge in [0.25, 0.3) is 0 Å². The lowest BCUT2D eigenvalue weighted by atomic mass is 10.2. The fourth-order valence-corrected chi connectivity index (χ4v) is 2.56. The van der Waals surface area contributed by atoms with E-state index in [9.17, 15) is 4.79 Å². The van der Waals surface area contributed by atoms with E-state index < -0.39 is 0 Å². The van der Waals surface area contributed by atoms with Gasteiger partial charge in [-0.05, 0) is 18.2 Å². The molecule has 0 aromatic heterocycles. The maximum atomic E-state index is 11.0. The zero-order valence-corrected chi connectivity index (χ0v) is 11.4. The Morgan fingerprint density at radius 2 is 1.74 bits per heavy atom. The number of hydrogen-bond donors (Lipinski definition) is 0. The van der Waals surface area contributed by atoms with Gasteiger partial charge in [-0.15, -0.1) is 0 Å². The smallest absolute Gasteiger partial charge is 0.188 e. The minimum Gasteiger partial charge on any atom is -0.466 e. The third-order valence-corrected chi connectivity index (χ3v) is 3.60. The Hall–Kier alpha value is -1.78. The molecule has 3 nitrogen and oxygen atoms in total. The van der Waals surface area contributed by atoms with Crippen LogP contribution in [0.25, 0.3) is 0 Å². The molecule has 19 heavy (non-hydrogen) atoms. The van der Waals surface area contributed by atoms with Gasteiger partial charge in [0.1, 0.15) is 5.75 Å². The van der Waals surface area contributed by atoms with E-state index in [1.165, 1.54) is 11.8 Å². The normalized spacial score (nSPS) is 10.2. The molecular formula is C15H14O3S. The standard InChI is InChI=1S/C15H14O3S/c1-17-11-18-13-7-3-5-9-15(13)19-14-8-4-2-6-12(14)10-16/h2-10H,11H2,1H3. The quantitative estimate of drug-likeness (QED) is 0.595. The summed E-state index contributed by atoms with van der Waals surface area (Å²) in [5, 5.41) is 0. The van der Waals surface area contributed by atoms with Gasteiger partial charge in [0.05, 0.1) is 4.90 Å². The fourth-order valence-electron chi connectivity index (χ4n) is 1.57. The monoisotopic (exact) mass is 274 g/mol. The van der Waals surface area contributed by atoms with Gasteiger partial charge in [-0.25, -0.2) is 0 Å². The van der Waals surface area contributed by atoms with Crippen LogP contribution in [0.2, 0.25) is 0 Å². The summed E-state index contributed by atoms with van der Waals surface area (Å²) in [4.78, 5) is 12.9. The Kier molecular flexibility index (Phi) is 5.01. The first-order valence-electron chi connectivity index (χ1n) is 5.78. The van der Waals surface area contributed by atoms with Gasteiger partial charge in [0, 0.05) is 17.6 Å². The van der Waals surface area contributed by atoms with Crippen molar-refractivity contribution in [2.45, 2.75) is 9.79 Å². The first-order chi connectivity index (χ1) is 9.35. The largest absolute Gasteiger partial charge is 0.466 e. The van der Waals surface area contributed by atoms with E-state index >= 15 is 0 Å². The lowest BCUT2D eigenvalue weighted by Crippen LogP contribution is -1.99. The first-order valence-corrected chi connectivity index (χ1v) is 6.59. The Morgan fingerprint density at radius 1 is 1.05 bits per heavy atom. The summed E-state index contributed by atoms with van der Waals surface area (Å²) in [5.41, 5.74) is 0.675. The number of rotatable bonds is 6. The van der Waals surface area contributed by atoms with Crippen molar-refractivity contribution in [2.24, 2.45) is 0 Å². The van der Waals surface area contributed by atoms with E-state index in [0.29, 0.717) is 5.56 Å². The molecule has 0 saturated heterocycles. The highest BCUT2D eigenvalue weighted by Gasteiger charge is 2.07. The lowest BCUT2D eigenvalue weighted by molar-refractivity contribution is 0.0491. The Bertz CT molecular complexity index is 555. The molecule has 0 N–H and O–H groups in total. The Morgan fingerprint density at radius 3 is 2.47 bits per heavy atom. The molecule has 0 bridgehead atoms. The van der Waals surface area contributed by atoms with Crippen molar-refractivity contribution in [1.82, 2.24) is 0 Å². The molecule has 0 aliphatic carbocycles. The second-order valence-corrected chi connectivity index (χ2v) is 4.84. The third kappa shape index (κ3) is 3.59. The number of hydrogen-bond acceptors (Lipinski definition) is 4. The highest BCUT2D eigenvalue weighted by molar-refractivity contribution is 7.99. The predicted octanol–water partition coefficient (Wildman–Crippen LogP) is 3.63. The molecule has 0 radical (unpaired) electrons. The average molecular weight is 274 g/mol.